The zero-order chi connectivity index (χ0) is 11.1. The number of nitrogens with one attached hydrogen (secondary N) is 1. The van der Waals surface area contributed by atoms with E-state index in [2.05, 4.69) is 24.2 Å². The van der Waals surface area contributed by atoms with Gasteiger partial charge in [0.2, 0.25) is 0 Å². The Bertz CT molecular complexity index is 154. The van der Waals surface area contributed by atoms with Gasteiger partial charge in [0.05, 0.1) is 6.61 Å². The molecule has 90 valence electrons. The van der Waals surface area contributed by atoms with Crippen LogP contribution in [0.3, 0.4) is 0 Å². The maximum Gasteiger partial charge on any atom is 0.0682 e. The summed E-state index contributed by atoms with van der Waals surface area (Å²) in [5, 5.41) is 0. The van der Waals surface area contributed by atoms with E-state index in [-0.39, 0.29) is 0 Å². The van der Waals surface area contributed by atoms with Gasteiger partial charge in [-0.2, -0.15) is 0 Å². The molecule has 0 bridgehead atoms. The smallest absolute Gasteiger partial charge is 0.0682 e. The second-order valence-electron chi connectivity index (χ2n) is 4.77. The van der Waals surface area contributed by atoms with E-state index >= 15 is 0 Å². The van der Waals surface area contributed by atoms with Gasteiger partial charge in [-0.25, -0.2) is 5.48 Å². The lowest BCUT2D eigenvalue weighted by Gasteiger charge is -2.34. The summed E-state index contributed by atoms with van der Waals surface area (Å²) < 4.78 is 0. The van der Waals surface area contributed by atoms with Crippen LogP contribution >= 0.6 is 0 Å². The first-order chi connectivity index (χ1) is 7.24. The van der Waals surface area contributed by atoms with Crippen LogP contribution in [0, 0.1) is 5.92 Å². The van der Waals surface area contributed by atoms with Crippen LogP contribution < -0.4 is 5.48 Å². The quantitative estimate of drug-likeness (QED) is 0.541. The molecule has 1 heterocycles. The molecule has 1 aliphatic rings. The third-order valence-electron chi connectivity index (χ3n) is 3.38. The first kappa shape index (κ1) is 12.9. The molecule has 1 aliphatic heterocycles. The first-order valence-electron chi connectivity index (χ1n) is 6.26. The number of rotatable bonds is 6. The monoisotopic (exact) mass is 214 g/mol. The van der Waals surface area contributed by atoms with Crippen LogP contribution in [0.4, 0.5) is 0 Å². The summed E-state index contributed by atoms with van der Waals surface area (Å²) in [4.78, 5) is 7.71. The van der Waals surface area contributed by atoms with Crippen LogP contribution in [0.15, 0.2) is 0 Å². The molecule has 0 aromatic carbocycles. The number of hydrogen-bond donors (Lipinski definition) is 1. The Morgan fingerprint density at radius 1 is 1.33 bits per heavy atom. The second kappa shape index (κ2) is 7.20. The number of hydroxylamine groups is 1. The van der Waals surface area contributed by atoms with Gasteiger partial charge in [-0.1, -0.05) is 0 Å². The minimum Gasteiger partial charge on any atom is -0.302 e. The fraction of sp³-hybridized carbons (Fsp3) is 1.00. The summed E-state index contributed by atoms with van der Waals surface area (Å²) in [6.07, 6.45) is 5.26. The van der Waals surface area contributed by atoms with Gasteiger partial charge >= 0.3 is 0 Å². The van der Waals surface area contributed by atoms with Crippen LogP contribution in [0.1, 0.15) is 39.5 Å². The summed E-state index contributed by atoms with van der Waals surface area (Å²) in [7, 11) is 1.82. The van der Waals surface area contributed by atoms with Crippen molar-refractivity contribution in [3.63, 3.8) is 0 Å². The van der Waals surface area contributed by atoms with E-state index in [1.54, 1.807) is 0 Å². The molecular formula is C12H26N2O. The lowest BCUT2D eigenvalue weighted by Crippen LogP contribution is -2.38. The predicted octanol–water partition coefficient (Wildman–Crippen LogP) is 2.04. The molecule has 0 aliphatic carbocycles. The summed E-state index contributed by atoms with van der Waals surface area (Å²) in [5.41, 5.74) is 2.72. The molecular weight excluding hydrogens is 188 g/mol. The molecule has 0 spiro atoms. The van der Waals surface area contributed by atoms with E-state index in [1.807, 2.05) is 7.05 Å². The molecule has 0 aromatic rings. The van der Waals surface area contributed by atoms with E-state index in [0.29, 0.717) is 0 Å². The van der Waals surface area contributed by atoms with E-state index in [0.717, 1.165) is 18.6 Å². The number of nitrogens with zero attached hydrogens (tertiary/aromatic N) is 1. The van der Waals surface area contributed by atoms with Crippen molar-refractivity contribution < 1.29 is 4.84 Å². The van der Waals surface area contributed by atoms with E-state index < -0.39 is 0 Å². The Kier molecular flexibility index (Phi) is 6.22. The van der Waals surface area contributed by atoms with Crippen molar-refractivity contribution in [2.24, 2.45) is 5.92 Å². The zero-order valence-electron chi connectivity index (χ0n) is 10.5. The predicted molar refractivity (Wildman–Crippen MR) is 63.7 cm³/mol. The average Bonchev–Trinajstić information content (AvgIpc) is 2.25. The molecule has 1 fully saturated rings. The maximum absolute atomic E-state index is 5.12. The van der Waals surface area contributed by atoms with Crippen LogP contribution in [-0.2, 0) is 4.84 Å². The summed E-state index contributed by atoms with van der Waals surface area (Å²) in [5.74, 6) is 0.931. The Labute approximate surface area is 94.1 Å². The van der Waals surface area contributed by atoms with Crippen molar-refractivity contribution in [3.05, 3.63) is 0 Å². The molecule has 0 radical (unpaired) electrons. The first-order valence-corrected chi connectivity index (χ1v) is 6.26. The molecule has 3 nitrogen and oxygen atoms in total. The van der Waals surface area contributed by atoms with Gasteiger partial charge in [-0.05, 0) is 58.5 Å². The minimum atomic E-state index is 0.721. The lowest BCUT2D eigenvalue weighted by molar-refractivity contribution is 0.0501. The normalized spacial score (nSPS) is 20.0. The molecule has 0 aromatic heterocycles. The second-order valence-corrected chi connectivity index (χ2v) is 4.77. The molecule has 0 amide bonds. The number of hydrogen-bond acceptors (Lipinski definition) is 3. The summed E-state index contributed by atoms with van der Waals surface area (Å²) in [6, 6.07) is 0.721. The number of likely N-dealkylation sites (tertiary alicyclic amines) is 1. The van der Waals surface area contributed by atoms with Crippen LogP contribution in [0.25, 0.3) is 0 Å². The zero-order valence-corrected chi connectivity index (χ0v) is 10.5. The Balaban J connectivity index is 2.04. The molecule has 1 saturated heterocycles. The highest BCUT2D eigenvalue weighted by molar-refractivity contribution is 4.74. The highest BCUT2D eigenvalue weighted by Crippen LogP contribution is 2.22. The topological polar surface area (TPSA) is 24.5 Å². The largest absolute Gasteiger partial charge is 0.302 e. The standard InChI is InChI=1S/C12H26N2O/c1-11(2)14-8-6-12(7-9-14)5-4-10-15-13-3/h11-13H,4-10H2,1-3H3. The van der Waals surface area contributed by atoms with Crippen molar-refractivity contribution in [1.82, 2.24) is 10.4 Å². The van der Waals surface area contributed by atoms with Crippen LogP contribution in [-0.4, -0.2) is 37.7 Å². The van der Waals surface area contributed by atoms with E-state index in [1.165, 1.54) is 38.8 Å². The third-order valence-corrected chi connectivity index (χ3v) is 3.38. The molecule has 3 heteroatoms. The molecule has 0 saturated carbocycles. The summed E-state index contributed by atoms with van der Waals surface area (Å²) in [6.45, 7) is 8.01. The third kappa shape index (κ3) is 4.96. The highest BCUT2D eigenvalue weighted by atomic mass is 16.6. The van der Waals surface area contributed by atoms with Gasteiger partial charge in [0.15, 0.2) is 0 Å². The van der Waals surface area contributed by atoms with Crippen molar-refractivity contribution in [2.45, 2.75) is 45.6 Å². The van der Waals surface area contributed by atoms with Gasteiger partial charge < -0.3 is 9.74 Å². The molecule has 0 atom stereocenters. The van der Waals surface area contributed by atoms with Crippen LogP contribution in [0.2, 0.25) is 0 Å². The Hall–Kier alpha value is -0.120. The van der Waals surface area contributed by atoms with Gasteiger partial charge in [-0.15, -0.1) is 0 Å². The SMILES string of the molecule is CNOCCCC1CCN(C(C)C)CC1. The van der Waals surface area contributed by atoms with Gasteiger partial charge in [0.25, 0.3) is 0 Å². The van der Waals surface area contributed by atoms with Crippen molar-refractivity contribution in [3.8, 4) is 0 Å². The van der Waals surface area contributed by atoms with Gasteiger partial charge in [-0.3, -0.25) is 0 Å². The van der Waals surface area contributed by atoms with Crippen LogP contribution in [0.5, 0.6) is 0 Å². The Morgan fingerprint density at radius 2 is 2.00 bits per heavy atom. The Morgan fingerprint density at radius 3 is 2.53 bits per heavy atom. The maximum atomic E-state index is 5.12. The van der Waals surface area contributed by atoms with E-state index in [9.17, 15) is 0 Å². The molecule has 0 unspecified atom stereocenters. The van der Waals surface area contributed by atoms with Crippen molar-refractivity contribution >= 4 is 0 Å². The fourth-order valence-electron chi connectivity index (χ4n) is 2.30. The number of piperidine rings is 1. The van der Waals surface area contributed by atoms with Crippen molar-refractivity contribution in [1.29, 1.82) is 0 Å². The average molecular weight is 214 g/mol. The molecule has 15 heavy (non-hydrogen) atoms. The van der Waals surface area contributed by atoms with Crippen molar-refractivity contribution in [2.75, 3.05) is 26.7 Å². The van der Waals surface area contributed by atoms with Gasteiger partial charge in [0.1, 0.15) is 0 Å². The fourth-order valence-corrected chi connectivity index (χ4v) is 2.30. The lowest BCUT2D eigenvalue weighted by atomic mass is 9.92. The van der Waals surface area contributed by atoms with E-state index in [4.69, 9.17) is 4.84 Å². The minimum absolute atomic E-state index is 0.721. The van der Waals surface area contributed by atoms with Gasteiger partial charge in [0, 0.05) is 13.1 Å². The highest BCUT2D eigenvalue weighted by Gasteiger charge is 2.20. The molecule has 1 N–H and O–H groups in total. The summed E-state index contributed by atoms with van der Waals surface area (Å²) >= 11 is 0. The molecule has 1 rings (SSSR count).